The second-order valence-electron chi connectivity index (χ2n) is 6.26. The molecule has 0 fully saturated rings. The van der Waals surface area contributed by atoms with E-state index in [9.17, 15) is 8.42 Å². The van der Waals surface area contributed by atoms with Gasteiger partial charge in [-0.1, -0.05) is 20.8 Å². The summed E-state index contributed by atoms with van der Waals surface area (Å²) in [6, 6.07) is -0.176. The van der Waals surface area contributed by atoms with E-state index < -0.39 is 10.0 Å². The Balaban J connectivity index is 3.23. The molecule has 0 amide bonds. The van der Waals surface area contributed by atoms with Gasteiger partial charge in [0.2, 0.25) is 10.0 Å². The average Bonchev–Trinajstić information content (AvgIpc) is 2.52. The fourth-order valence-corrected chi connectivity index (χ4v) is 3.81. The van der Waals surface area contributed by atoms with Crippen molar-refractivity contribution in [1.29, 1.82) is 0 Å². The third kappa shape index (κ3) is 3.62. The lowest BCUT2D eigenvalue weighted by Gasteiger charge is -2.27. The average molecular weight is 302 g/mol. The maximum absolute atomic E-state index is 12.6. The van der Waals surface area contributed by atoms with Gasteiger partial charge >= 0.3 is 0 Å². The van der Waals surface area contributed by atoms with Crippen LogP contribution in [0.3, 0.4) is 0 Å². The van der Waals surface area contributed by atoms with Gasteiger partial charge in [-0.3, -0.25) is 0 Å². The van der Waals surface area contributed by atoms with Crippen molar-refractivity contribution in [1.82, 2.24) is 10.0 Å². The minimum Gasteiger partial charge on any atom is -0.465 e. The van der Waals surface area contributed by atoms with Crippen LogP contribution < -0.4 is 10.0 Å². The summed E-state index contributed by atoms with van der Waals surface area (Å²) >= 11 is 0. The Morgan fingerprint density at radius 2 is 1.75 bits per heavy atom. The number of nitrogens with one attached hydrogen (secondary N) is 2. The summed E-state index contributed by atoms with van der Waals surface area (Å²) in [7, 11) is -1.81. The van der Waals surface area contributed by atoms with Crippen LogP contribution in [0.25, 0.3) is 0 Å². The fourth-order valence-electron chi connectivity index (χ4n) is 1.91. The zero-order chi connectivity index (χ0) is 15.7. The van der Waals surface area contributed by atoms with Crippen molar-refractivity contribution in [3.8, 4) is 0 Å². The van der Waals surface area contributed by atoms with Crippen molar-refractivity contribution in [2.45, 2.75) is 59.0 Å². The van der Waals surface area contributed by atoms with Gasteiger partial charge in [0.1, 0.15) is 16.4 Å². The molecule has 5 nitrogen and oxygen atoms in total. The predicted molar refractivity (Wildman–Crippen MR) is 80.2 cm³/mol. The topological polar surface area (TPSA) is 71.3 Å². The number of rotatable bonds is 5. The largest absolute Gasteiger partial charge is 0.465 e. The molecule has 1 rings (SSSR count). The van der Waals surface area contributed by atoms with E-state index in [4.69, 9.17) is 4.42 Å². The molecule has 20 heavy (non-hydrogen) atoms. The smallest absolute Gasteiger partial charge is 0.244 e. The van der Waals surface area contributed by atoms with Crippen LogP contribution in [0.15, 0.2) is 9.31 Å². The lowest BCUT2D eigenvalue weighted by molar-refractivity contribution is 0.317. The lowest BCUT2D eigenvalue weighted by atomic mass is 9.89. The molecule has 0 aliphatic rings. The van der Waals surface area contributed by atoms with Crippen LogP contribution in [0, 0.1) is 19.3 Å². The second kappa shape index (κ2) is 5.87. The monoisotopic (exact) mass is 302 g/mol. The van der Waals surface area contributed by atoms with E-state index >= 15 is 0 Å². The number of hydrogen-bond acceptors (Lipinski definition) is 4. The second-order valence-corrected chi connectivity index (χ2v) is 7.91. The van der Waals surface area contributed by atoms with E-state index in [1.54, 1.807) is 20.9 Å². The minimum absolute atomic E-state index is 0.150. The van der Waals surface area contributed by atoms with Crippen LogP contribution in [0.2, 0.25) is 0 Å². The molecule has 0 saturated heterocycles. The summed E-state index contributed by atoms with van der Waals surface area (Å²) in [6.07, 6.45) is 0. The molecule has 1 aromatic heterocycles. The van der Waals surface area contributed by atoms with Crippen LogP contribution in [0.5, 0.6) is 0 Å². The molecule has 0 aliphatic carbocycles. The van der Waals surface area contributed by atoms with Gasteiger partial charge in [0.05, 0.1) is 0 Å². The van der Waals surface area contributed by atoms with Crippen molar-refractivity contribution in [2.24, 2.45) is 5.41 Å². The first kappa shape index (κ1) is 17.2. The standard InChI is InChI=1S/C14H26N2O3S/c1-9-12(8-15-7)13(10(2)19-9)20(17,18)16-11(3)14(4,5)6/h11,15-16H,8H2,1-7H3. The van der Waals surface area contributed by atoms with E-state index in [1.165, 1.54) is 0 Å². The molecule has 0 radical (unpaired) electrons. The molecule has 0 aromatic carbocycles. The Bertz CT molecular complexity index is 568. The molecule has 1 atom stereocenters. The fraction of sp³-hybridized carbons (Fsp3) is 0.714. The quantitative estimate of drug-likeness (QED) is 0.875. The van der Waals surface area contributed by atoms with Crippen molar-refractivity contribution in [3.05, 3.63) is 17.1 Å². The van der Waals surface area contributed by atoms with Gasteiger partial charge in [0.25, 0.3) is 0 Å². The maximum atomic E-state index is 12.6. The Morgan fingerprint density at radius 3 is 2.20 bits per heavy atom. The molecule has 0 spiro atoms. The first-order chi connectivity index (χ1) is 9.00. The molecule has 0 saturated carbocycles. The number of sulfonamides is 1. The van der Waals surface area contributed by atoms with Crippen LogP contribution in [0.4, 0.5) is 0 Å². The molecule has 0 aliphatic heterocycles. The van der Waals surface area contributed by atoms with E-state index in [2.05, 4.69) is 10.0 Å². The molecular weight excluding hydrogens is 276 g/mol. The van der Waals surface area contributed by atoms with E-state index in [-0.39, 0.29) is 16.4 Å². The van der Waals surface area contributed by atoms with E-state index in [0.717, 1.165) is 0 Å². The summed E-state index contributed by atoms with van der Waals surface area (Å²) in [6.45, 7) is 11.8. The summed E-state index contributed by atoms with van der Waals surface area (Å²) in [5, 5.41) is 2.98. The van der Waals surface area contributed by atoms with Gasteiger partial charge in [-0.15, -0.1) is 0 Å². The maximum Gasteiger partial charge on any atom is 0.244 e. The van der Waals surface area contributed by atoms with Crippen molar-refractivity contribution < 1.29 is 12.8 Å². The van der Waals surface area contributed by atoms with Crippen LogP contribution in [0.1, 0.15) is 44.8 Å². The first-order valence-corrected chi connectivity index (χ1v) is 8.24. The minimum atomic E-state index is -3.59. The van der Waals surface area contributed by atoms with Crippen molar-refractivity contribution >= 4 is 10.0 Å². The lowest BCUT2D eigenvalue weighted by Crippen LogP contribution is -2.41. The van der Waals surface area contributed by atoms with E-state index in [0.29, 0.717) is 23.6 Å². The molecule has 0 bridgehead atoms. The van der Waals surface area contributed by atoms with Gasteiger partial charge < -0.3 is 9.73 Å². The molecular formula is C14H26N2O3S. The Morgan fingerprint density at radius 1 is 1.20 bits per heavy atom. The van der Waals surface area contributed by atoms with Gasteiger partial charge in [-0.05, 0) is 33.2 Å². The molecule has 1 heterocycles. The number of hydrogen-bond donors (Lipinski definition) is 2. The van der Waals surface area contributed by atoms with E-state index in [1.807, 2.05) is 27.7 Å². The molecule has 116 valence electrons. The zero-order valence-electron chi connectivity index (χ0n) is 13.4. The van der Waals surface area contributed by atoms with Crippen molar-refractivity contribution in [3.63, 3.8) is 0 Å². The molecule has 2 N–H and O–H groups in total. The van der Waals surface area contributed by atoms with Gasteiger partial charge in [-0.25, -0.2) is 13.1 Å². The van der Waals surface area contributed by atoms with Gasteiger partial charge in [0, 0.05) is 18.2 Å². The number of aryl methyl sites for hydroxylation is 2. The summed E-state index contributed by atoms with van der Waals surface area (Å²) in [5.41, 5.74) is 0.543. The third-order valence-corrected chi connectivity index (χ3v) is 5.31. The molecule has 1 aromatic rings. The van der Waals surface area contributed by atoms with Crippen LogP contribution in [-0.2, 0) is 16.6 Å². The molecule has 6 heteroatoms. The van der Waals surface area contributed by atoms with Gasteiger partial charge in [-0.2, -0.15) is 0 Å². The highest BCUT2D eigenvalue weighted by Crippen LogP contribution is 2.28. The number of furan rings is 1. The summed E-state index contributed by atoms with van der Waals surface area (Å²) in [5.74, 6) is 1.07. The van der Waals surface area contributed by atoms with Crippen LogP contribution >= 0.6 is 0 Å². The highest BCUT2D eigenvalue weighted by atomic mass is 32.2. The SMILES string of the molecule is CNCc1c(C)oc(C)c1S(=O)(=O)NC(C)C(C)(C)C. The highest BCUT2D eigenvalue weighted by Gasteiger charge is 2.31. The zero-order valence-corrected chi connectivity index (χ0v) is 14.2. The third-order valence-electron chi connectivity index (χ3n) is 3.58. The Kier molecular flexibility index (Phi) is 5.05. The Labute approximate surface area is 122 Å². The van der Waals surface area contributed by atoms with Crippen molar-refractivity contribution in [2.75, 3.05) is 7.05 Å². The molecule has 1 unspecified atom stereocenters. The highest BCUT2D eigenvalue weighted by molar-refractivity contribution is 7.89. The van der Waals surface area contributed by atoms with Gasteiger partial charge in [0.15, 0.2) is 0 Å². The normalized spacial score (nSPS) is 14.6. The summed E-state index contributed by atoms with van der Waals surface area (Å²) in [4.78, 5) is 0.264. The summed E-state index contributed by atoms with van der Waals surface area (Å²) < 4.78 is 33.5. The Hall–Kier alpha value is -0.850. The van der Waals surface area contributed by atoms with Crippen LogP contribution in [-0.4, -0.2) is 21.5 Å². The predicted octanol–water partition coefficient (Wildman–Crippen LogP) is 2.33. The first-order valence-electron chi connectivity index (χ1n) is 6.76.